The van der Waals surface area contributed by atoms with Crippen LogP contribution < -0.4 is 5.32 Å². The zero-order chi connectivity index (χ0) is 17.8. The maximum Gasteiger partial charge on any atom is 0.256 e. The van der Waals surface area contributed by atoms with Gasteiger partial charge in [0.1, 0.15) is 0 Å². The Bertz CT molecular complexity index is 457. The minimum atomic E-state index is -3.05. The topological polar surface area (TPSA) is 55.4 Å². The van der Waals surface area contributed by atoms with Gasteiger partial charge in [-0.25, -0.2) is 8.42 Å². The normalized spacial score (nSPS) is 22.4. The molecule has 1 aliphatic rings. The summed E-state index contributed by atoms with van der Waals surface area (Å²) < 4.78 is 28.4. The third-order valence-electron chi connectivity index (χ3n) is 4.32. The second-order valence-corrected chi connectivity index (χ2v) is 9.75. The summed E-state index contributed by atoms with van der Waals surface area (Å²) in [6.45, 7) is 2.82. The number of thiocarbonyl (C=S) groups is 1. The summed E-state index contributed by atoms with van der Waals surface area (Å²) in [5, 5.41) is 2.74. The minimum Gasteiger partial charge on any atom is -0.471 e. The average Bonchev–Trinajstić information content (AvgIpc) is 2.76. The Morgan fingerprint density at radius 2 is 1.58 bits per heavy atom. The highest BCUT2D eigenvalue weighted by Gasteiger charge is 2.36. The predicted octanol–water partition coefficient (Wildman–Crippen LogP) is 4.20. The van der Waals surface area contributed by atoms with Gasteiger partial charge in [0.05, 0.1) is 29.5 Å². The quantitative estimate of drug-likeness (QED) is 0.304. The van der Waals surface area contributed by atoms with Crippen molar-refractivity contribution in [2.75, 3.05) is 18.1 Å². The number of sulfone groups is 1. The summed E-state index contributed by atoms with van der Waals surface area (Å²) in [7, 11) is -3.05. The molecule has 24 heavy (non-hydrogen) atoms. The number of ether oxygens (including phenoxy) is 1. The fourth-order valence-electron chi connectivity index (χ4n) is 2.88. The average molecular weight is 398 g/mol. The van der Waals surface area contributed by atoms with Crippen molar-refractivity contribution in [3.8, 4) is 0 Å². The first-order valence-corrected chi connectivity index (χ1v) is 11.9. The molecule has 0 saturated carbocycles. The van der Waals surface area contributed by atoms with Crippen LogP contribution >= 0.6 is 23.8 Å². The first-order chi connectivity index (χ1) is 11.4. The molecule has 1 heterocycles. The van der Waals surface area contributed by atoms with Crippen LogP contribution in [0.1, 0.15) is 71.1 Å². The third-order valence-corrected chi connectivity index (χ3v) is 6.93. The van der Waals surface area contributed by atoms with Crippen LogP contribution in [-0.4, -0.2) is 43.1 Å². The van der Waals surface area contributed by atoms with E-state index in [9.17, 15) is 8.42 Å². The van der Waals surface area contributed by atoms with Crippen molar-refractivity contribution in [2.24, 2.45) is 0 Å². The van der Waals surface area contributed by atoms with Crippen molar-refractivity contribution in [1.82, 2.24) is 5.32 Å². The molecule has 1 saturated heterocycles. The van der Waals surface area contributed by atoms with Gasteiger partial charge in [0.2, 0.25) is 0 Å². The molecule has 0 aromatic heterocycles. The third kappa shape index (κ3) is 10.0. The van der Waals surface area contributed by atoms with Crippen LogP contribution in [0.15, 0.2) is 0 Å². The fraction of sp³-hybridized carbons (Fsp3) is 0.941. The van der Waals surface area contributed by atoms with Crippen LogP contribution in [0, 0.1) is 0 Å². The Morgan fingerprint density at radius 3 is 2.08 bits per heavy atom. The lowest BCUT2D eigenvalue weighted by Crippen LogP contribution is -2.40. The predicted molar refractivity (Wildman–Crippen MR) is 106 cm³/mol. The molecule has 7 heteroatoms. The van der Waals surface area contributed by atoms with Crippen molar-refractivity contribution in [3.63, 3.8) is 0 Å². The zero-order valence-corrected chi connectivity index (χ0v) is 17.2. The molecule has 1 N–H and O–H groups in total. The lowest BCUT2D eigenvalue weighted by atomic mass is 10.1. The van der Waals surface area contributed by atoms with Crippen LogP contribution in [0.3, 0.4) is 0 Å². The molecule has 142 valence electrons. The van der Waals surface area contributed by atoms with E-state index in [-0.39, 0.29) is 22.7 Å². The first-order valence-electron chi connectivity index (χ1n) is 9.22. The van der Waals surface area contributed by atoms with Gasteiger partial charge in [-0.15, -0.1) is 11.6 Å². The van der Waals surface area contributed by atoms with Gasteiger partial charge in [0, 0.05) is 0 Å². The lowest BCUT2D eigenvalue weighted by Gasteiger charge is -2.16. The Hall–Kier alpha value is -0.0700. The van der Waals surface area contributed by atoms with Crippen molar-refractivity contribution in [3.05, 3.63) is 0 Å². The minimum absolute atomic E-state index is 0.00722. The van der Waals surface area contributed by atoms with E-state index in [0.717, 1.165) is 12.8 Å². The highest BCUT2D eigenvalue weighted by molar-refractivity contribution is 7.91. The molecular weight excluding hydrogens is 366 g/mol. The summed E-state index contributed by atoms with van der Waals surface area (Å²) in [5.41, 5.74) is 0. The molecule has 1 fully saturated rings. The monoisotopic (exact) mass is 397 g/mol. The summed E-state index contributed by atoms with van der Waals surface area (Å²) in [6.07, 6.45) is 12.8. The van der Waals surface area contributed by atoms with E-state index in [1.807, 2.05) is 0 Å². The van der Waals surface area contributed by atoms with E-state index >= 15 is 0 Å². The maximum absolute atomic E-state index is 11.5. The number of hydrogen-bond acceptors (Lipinski definition) is 4. The lowest BCUT2D eigenvalue weighted by molar-refractivity contribution is 0.283. The molecular formula is C17H32ClNO3S2. The van der Waals surface area contributed by atoms with Crippen LogP contribution in [0.4, 0.5) is 0 Å². The molecule has 0 aromatic carbocycles. The standard InChI is InChI=1S/C17H32ClNO3S2/c1-2-3-4-5-6-7-8-9-10-11-12-22-17(23)19-16-14-24(20,21)13-15(16)18/h15-16H,2-14H2,1H3,(H,19,23). The zero-order valence-electron chi connectivity index (χ0n) is 14.8. The van der Waals surface area contributed by atoms with Gasteiger partial charge >= 0.3 is 0 Å². The van der Waals surface area contributed by atoms with Gasteiger partial charge < -0.3 is 10.1 Å². The number of hydrogen-bond donors (Lipinski definition) is 1. The smallest absolute Gasteiger partial charge is 0.256 e. The maximum atomic E-state index is 11.5. The van der Waals surface area contributed by atoms with Gasteiger partial charge in [-0.05, 0) is 18.6 Å². The van der Waals surface area contributed by atoms with Gasteiger partial charge in [0.15, 0.2) is 9.84 Å². The number of nitrogens with one attached hydrogen (secondary N) is 1. The Morgan fingerprint density at radius 1 is 1.04 bits per heavy atom. The molecule has 2 atom stereocenters. The number of unbranched alkanes of at least 4 members (excludes halogenated alkanes) is 9. The SMILES string of the molecule is CCCCCCCCCCCCOC(=S)NC1CS(=O)(=O)CC1Cl. The number of rotatable bonds is 12. The first kappa shape index (κ1) is 22.0. The summed E-state index contributed by atoms with van der Waals surface area (Å²) in [6, 6.07) is -0.336. The van der Waals surface area contributed by atoms with E-state index in [2.05, 4.69) is 12.2 Å². The van der Waals surface area contributed by atoms with E-state index in [0.29, 0.717) is 6.61 Å². The Kier molecular flexibility index (Phi) is 11.3. The van der Waals surface area contributed by atoms with Crippen LogP contribution in [0.2, 0.25) is 0 Å². The Labute approximate surface area is 158 Å². The fourth-order valence-corrected chi connectivity index (χ4v) is 5.67. The molecule has 0 amide bonds. The molecule has 0 aromatic rings. The summed E-state index contributed by atoms with van der Waals surface area (Å²) >= 11 is 11.1. The van der Waals surface area contributed by atoms with E-state index in [1.165, 1.54) is 51.4 Å². The Balaban J connectivity index is 1.93. The van der Waals surface area contributed by atoms with Gasteiger partial charge in [-0.3, -0.25) is 0 Å². The summed E-state index contributed by atoms with van der Waals surface area (Å²) in [4.78, 5) is 0. The molecule has 1 rings (SSSR count). The summed E-state index contributed by atoms with van der Waals surface area (Å²) in [5.74, 6) is 0.0379. The van der Waals surface area contributed by atoms with Crippen LogP contribution in [0.25, 0.3) is 0 Å². The van der Waals surface area contributed by atoms with Crippen LogP contribution in [-0.2, 0) is 14.6 Å². The highest BCUT2D eigenvalue weighted by atomic mass is 35.5. The molecule has 0 spiro atoms. The number of alkyl halides is 1. The molecule has 1 aliphatic heterocycles. The van der Waals surface area contributed by atoms with E-state index in [1.54, 1.807) is 0 Å². The highest BCUT2D eigenvalue weighted by Crippen LogP contribution is 2.18. The van der Waals surface area contributed by atoms with Gasteiger partial charge in [-0.1, -0.05) is 64.7 Å². The molecule has 4 nitrogen and oxygen atoms in total. The molecule has 0 aliphatic carbocycles. The second kappa shape index (κ2) is 12.3. The largest absolute Gasteiger partial charge is 0.471 e. The second-order valence-electron chi connectivity index (χ2n) is 6.66. The van der Waals surface area contributed by atoms with Crippen molar-refractivity contribution in [1.29, 1.82) is 0 Å². The van der Waals surface area contributed by atoms with Crippen molar-refractivity contribution < 1.29 is 13.2 Å². The van der Waals surface area contributed by atoms with Gasteiger partial charge in [-0.2, -0.15) is 0 Å². The number of halogens is 1. The van der Waals surface area contributed by atoms with Crippen molar-refractivity contribution >= 4 is 38.8 Å². The molecule has 2 unspecified atom stereocenters. The molecule has 0 radical (unpaired) electrons. The van der Waals surface area contributed by atoms with Crippen molar-refractivity contribution in [2.45, 2.75) is 82.6 Å². The van der Waals surface area contributed by atoms with Gasteiger partial charge in [0.25, 0.3) is 5.17 Å². The van der Waals surface area contributed by atoms with E-state index < -0.39 is 15.2 Å². The molecule has 0 bridgehead atoms. The van der Waals surface area contributed by atoms with Crippen LogP contribution in [0.5, 0.6) is 0 Å². The van der Waals surface area contributed by atoms with E-state index in [4.69, 9.17) is 28.6 Å².